The van der Waals surface area contributed by atoms with E-state index in [2.05, 4.69) is 15.4 Å². The van der Waals surface area contributed by atoms with Crippen LogP contribution < -0.4 is 15.4 Å². The van der Waals surface area contributed by atoms with Crippen molar-refractivity contribution in [3.8, 4) is 0 Å². The molecule has 0 heterocycles. The second kappa shape index (κ2) is 11.5. The van der Waals surface area contributed by atoms with Gasteiger partial charge in [0.2, 0.25) is 10.0 Å². The Labute approximate surface area is 188 Å². The van der Waals surface area contributed by atoms with Gasteiger partial charge in [-0.05, 0) is 70.2 Å². The molecule has 1 aromatic carbocycles. The van der Waals surface area contributed by atoms with E-state index >= 15 is 0 Å². The van der Waals surface area contributed by atoms with E-state index < -0.39 is 46.1 Å². The van der Waals surface area contributed by atoms with E-state index in [4.69, 9.17) is 4.74 Å². The molecule has 11 heteroatoms. The van der Waals surface area contributed by atoms with E-state index in [0.29, 0.717) is 11.3 Å². The number of carbonyl (C=O) groups excluding carboxylic acids is 3. The predicted octanol–water partition coefficient (Wildman–Crippen LogP) is 1.87. The first-order valence-electron chi connectivity index (χ1n) is 9.62. The number of thioether (sulfide) groups is 1. The fourth-order valence-electron chi connectivity index (χ4n) is 2.48. The molecular weight excluding hydrogens is 442 g/mol. The molecular formula is C20H31N3O6S2. The standard InChI is InChI=1S/C20H31N3O6S2/c1-13-7-8-14(2)16(11-13)31(27,28)23-15(9-10-30-6)18(25)29-12-17(24)21-19(26)22-20(3,4)5/h7-8,11,15,23H,9-10,12H2,1-6H3,(H2,21,22,24,26). The third-order valence-electron chi connectivity index (χ3n) is 3.91. The molecule has 0 aliphatic rings. The number of urea groups is 1. The number of amides is 3. The molecule has 1 atom stereocenters. The van der Waals surface area contributed by atoms with Crippen molar-refractivity contribution in [2.45, 2.75) is 57.5 Å². The van der Waals surface area contributed by atoms with Crippen molar-refractivity contribution in [3.05, 3.63) is 29.3 Å². The van der Waals surface area contributed by atoms with Gasteiger partial charge in [0.05, 0.1) is 4.90 Å². The molecule has 174 valence electrons. The highest BCUT2D eigenvalue weighted by Crippen LogP contribution is 2.18. The van der Waals surface area contributed by atoms with Gasteiger partial charge in [-0.1, -0.05) is 12.1 Å². The van der Waals surface area contributed by atoms with Gasteiger partial charge in [0.25, 0.3) is 5.91 Å². The lowest BCUT2D eigenvalue weighted by atomic mass is 10.1. The van der Waals surface area contributed by atoms with E-state index in [1.165, 1.54) is 17.8 Å². The number of rotatable bonds is 9. The van der Waals surface area contributed by atoms with Gasteiger partial charge >= 0.3 is 12.0 Å². The number of benzene rings is 1. The zero-order valence-corrected chi connectivity index (χ0v) is 20.3. The Kier molecular flexibility index (Phi) is 9.98. The molecule has 0 radical (unpaired) electrons. The third kappa shape index (κ3) is 9.70. The molecule has 3 N–H and O–H groups in total. The summed E-state index contributed by atoms with van der Waals surface area (Å²) in [6.07, 6.45) is 2.00. The average molecular weight is 474 g/mol. The summed E-state index contributed by atoms with van der Waals surface area (Å²) in [6.45, 7) is 7.96. The van der Waals surface area contributed by atoms with E-state index in [0.717, 1.165) is 5.56 Å². The van der Waals surface area contributed by atoms with Crippen LogP contribution in [-0.4, -0.2) is 56.5 Å². The fraction of sp³-hybridized carbons (Fsp3) is 0.550. The van der Waals surface area contributed by atoms with Crippen LogP contribution in [0.15, 0.2) is 23.1 Å². The van der Waals surface area contributed by atoms with Crippen LogP contribution in [0.25, 0.3) is 0 Å². The first-order chi connectivity index (χ1) is 14.2. The van der Waals surface area contributed by atoms with Gasteiger partial charge in [0, 0.05) is 5.54 Å². The normalized spacial score (nSPS) is 12.7. The molecule has 1 unspecified atom stereocenters. The van der Waals surface area contributed by atoms with Gasteiger partial charge in [-0.25, -0.2) is 13.2 Å². The minimum Gasteiger partial charge on any atom is -0.454 e. The largest absolute Gasteiger partial charge is 0.454 e. The van der Waals surface area contributed by atoms with Crippen LogP contribution in [0.5, 0.6) is 0 Å². The SMILES string of the molecule is CSCCC(NS(=O)(=O)c1cc(C)ccc1C)C(=O)OCC(=O)NC(=O)NC(C)(C)C. The van der Waals surface area contributed by atoms with E-state index in [9.17, 15) is 22.8 Å². The molecule has 0 aliphatic carbocycles. The monoisotopic (exact) mass is 473 g/mol. The van der Waals surface area contributed by atoms with Gasteiger partial charge in [0.1, 0.15) is 6.04 Å². The zero-order chi connectivity index (χ0) is 23.8. The molecule has 1 rings (SSSR count). The van der Waals surface area contributed by atoms with Crippen molar-refractivity contribution in [2.75, 3.05) is 18.6 Å². The highest BCUT2D eigenvalue weighted by molar-refractivity contribution is 7.98. The number of imide groups is 1. The van der Waals surface area contributed by atoms with Crippen molar-refractivity contribution in [1.82, 2.24) is 15.4 Å². The molecule has 3 amide bonds. The first kappa shape index (κ1) is 26.9. The summed E-state index contributed by atoms with van der Waals surface area (Å²) in [6, 6.07) is 3.11. The number of esters is 1. The molecule has 9 nitrogen and oxygen atoms in total. The second-order valence-electron chi connectivity index (χ2n) is 8.08. The number of nitrogens with one attached hydrogen (secondary N) is 3. The molecule has 0 saturated carbocycles. The Bertz CT molecular complexity index is 910. The van der Waals surface area contributed by atoms with Gasteiger partial charge in [-0.2, -0.15) is 16.5 Å². The average Bonchev–Trinajstić information content (AvgIpc) is 2.63. The summed E-state index contributed by atoms with van der Waals surface area (Å²) in [4.78, 5) is 36.2. The molecule has 0 aliphatic heterocycles. The molecule has 31 heavy (non-hydrogen) atoms. The Hall–Kier alpha value is -2.11. The van der Waals surface area contributed by atoms with Crippen LogP contribution in [0.1, 0.15) is 38.3 Å². The Morgan fingerprint density at radius 3 is 2.39 bits per heavy atom. The maximum absolute atomic E-state index is 12.8. The smallest absolute Gasteiger partial charge is 0.324 e. The number of sulfonamides is 1. The zero-order valence-electron chi connectivity index (χ0n) is 18.7. The molecule has 0 spiro atoms. The minimum atomic E-state index is -3.99. The number of ether oxygens (including phenoxy) is 1. The lowest BCUT2D eigenvalue weighted by Gasteiger charge is -2.20. The van der Waals surface area contributed by atoms with Gasteiger partial charge in [-0.3, -0.25) is 14.9 Å². The highest BCUT2D eigenvalue weighted by Gasteiger charge is 2.28. The number of aryl methyl sites for hydroxylation is 2. The fourth-order valence-corrected chi connectivity index (χ4v) is 4.50. The summed E-state index contributed by atoms with van der Waals surface area (Å²) >= 11 is 1.44. The molecule has 0 fully saturated rings. The molecule has 0 aromatic heterocycles. The van der Waals surface area contributed by atoms with Crippen LogP contribution in [-0.2, 0) is 24.3 Å². The lowest BCUT2D eigenvalue weighted by Crippen LogP contribution is -2.49. The maximum atomic E-state index is 12.8. The second-order valence-corrected chi connectivity index (χ2v) is 10.8. The summed E-state index contributed by atoms with van der Waals surface area (Å²) in [7, 11) is -3.99. The molecule has 0 bridgehead atoms. The topological polar surface area (TPSA) is 131 Å². The quantitative estimate of drug-likeness (QED) is 0.467. The number of carbonyl (C=O) groups is 3. The van der Waals surface area contributed by atoms with Crippen LogP contribution in [0, 0.1) is 13.8 Å². The number of hydrogen-bond donors (Lipinski definition) is 3. The van der Waals surface area contributed by atoms with Crippen molar-refractivity contribution < 1.29 is 27.5 Å². The highest BCUT2D eigenvalue weighted by atomic mass is 32.2. The Morgan fingerprint density at radius 1 is 1.16 bits per heavy atom. The van der Waals surface area contributed by atoms with E-state index in [-0.39, 0.29) is 11.3 Å². The van der Waals surface area contributed by atoms with Crippen molar-refractivity contribution >= 4 is 39.7 Å². The van der Waals surface area contributed by atoms with Crippen molar-refractivity contribution in [2.24, 2.45) is 0 Å². The van der Waals surface area contributed by atoms with Crippen molar-refractivity contribution in [1.29, 1.82) is 0 Å². The summed E-state index contributed by atoms with van der Waals surface area (Å²) < 4.78 is 33.0. The minimum absolute atomic E-state index is 0.0750. The van der Waals surface area contributed by atoms with Gasteiger partial charge in [0.15, 0.2) is 6.61 Å². The summed E-state index contributed by atoms with van der Waals surface area (Å²) in [5, 5.41) is 4.59. The first-order valence-corrected chi connectivity index (χ1v) is 12.5. The van der Waals surface area contributed by atoms with Gasteiger partial charge in [-0.15, -0.1) is 0 Å². The van der Waals surface area contributed by atoms with Gasteiger partial charge < -0.3 is 10.1 Å². The van der Waals surface area contributed by atoms with Crippen molar-refractivity contribution in [3.63, 3.8) is 0 Å². The lowest BCUT2D eigenvalue weighted by molar-refractivity contribution is -0.150. The summed E-state index contributed by atoms with van der Waals surface area (Å²) in [5.41, 5.74) is 0.759. The van der Waals surface area contributed by atoms with Crippen LogP contribution in [0.2, 0.25) is 0 Å². The van der Waals surface area contributed by atoms with E-state index in [1.54, 1.807) is 46.8 Å². The maximum Gasteiger partial charge on any atom is 0.324 e. The van der Waals surface area contributed by atoms with Crippen LogP contribution in [0.4, 0.5) is 4.79 Å². The predicted molar refractivity (Wildman–Crippen MR) is 120 cm³/mol. The molecule has 0 saturated heterocycles. The molecule has 1 aromatic rings. The number of hydrogen-bond acceptors (Lipinski definition) is 7. The van der Waals surface area contributed by atoms with Crippen LogP contribution in [0.3, 0.4) is 0 Å². The van der Waals surface area contributed by atoms with E-state index in [1.807, 2.05) is 6.26 Å². The van der Waals surface area contributed by atoms with Crippen LogP contribution >= 0.6 is 11.8 Å². The Morgan fingerprint density at radius 2 is 1.81 bits per heavy atom. The Balaban J connectivity index is 2.82. The third-order valence-corrected chi connectivity index (χ3v) is 6.17. The summed E-state index contributed by atoms with van der Waals surface area (Å²) in [5.74, 6) is -1.22.